The van der Waals surface area contributed by atoms with Gasteiger partial charge in [-0.15, -0.1) is 16.2 Å². The molecule has 5 rings (SSSR count). The lowest BCUT2D eigenvalue weighted by atomic mass is 9.81. The highest BCUT2D eigenvalue weighted by Gasteiger charge is 2.55. The minimum atomic E-state index is -1.46. The molecule has 1 aliphatic heterocycles. The molecule has 34 heavy (non-hydrogen) atoms. The molecule has 3 aliphatic rings. The van der Waals surface area contributed by atoms with Crippen molar-refractivity contribution in [1.29, 1.82) is 0 Å². The zero-order chi connectivity index (χ0) is 23.5. The van der Waals surface area contributed by atoms with E-state index in [-0.39, 0.29) is 36.6 Å². The Balaban J connectivity index is 1.26. The van der Waals surface area contributed by atoms with E-state index in [9.17, 15) is 14.5 Å². The fraction of sp³-hybridized carbons (Fsp3) is 0.538. The molecule has 0 spiro atoms. The first-order valence-electron chi connectivity index (χ1n) is 12.2. The van der Waals surface area contributed by atoms with Crippen LogP contribution in [0.15, 0.2) is 53.0 Å². The zero-order valence-corrected chi connectivity index (χ0v) is 20.0. The third-order valence-electron chi connectivity index (χ3n) is 7.75. The number of carbonyl (C=O) groups excluding carboxylic acids is 2. The SMILES string of the molecule is O=NC(C(=O)OC1C2CCC1CN(C(=O)OCc1ccccc1)C2)(c1cccs1)C1CCCC1. The monoisotopic (exact) mass is 482 g/mol. The normalized spacial score (nSPS) is 26.1. The second kappa shape index (κ2) is 9.86. The number of nitroso groups, excluding NO2 is 1. The van der Waals surface area contributed by atoms with Crippen molar-refractivity contribution in [2.45, 2.75) is 56.8 Å². The zero-order valence-electron chi connectivity index (χ0n) is 19.1. The summed E-state index contributed by atoms with van der Waals surface area (Å²) in [5.74, 6) is -0.549. The largest absolute Gasteiger partial charge is 0.459 e. The third-order valence-corrected chi connectivity index (χ3v) is 8.75. The molecule has 2 aliphatic carbocycles. The number of piperidine rings is 1. The second-order valence-electron chi connectivity index (χ2n) is 9.73. The number of amides is 1. The Kier molecular flexibility index (Phi) is 6.68. The lowest BCUT2D eigenvalue weighted by Gasteiger charge is -2.38. The average Bonchev–Trinajstić information content (AvgIpc) is 3.62. The molecule has 0 radical (unpaired) electrons. The van der Waals surface area contributed by atoms with Gasteiger partial charge in [0.15, 0.2) is 0 Å². The number of ether oxygens (including phenoxy) is 2. The highest BCUT2D eigenvalue weighted by molar-refractivity contribution is 7.10. The van der Waals surface area contributed by atoms with Gasteiger partial charge in [0.2, 0.25) is 5.54 Å². The van der Waals surface area contributed by atoms with E-state index in [1.54, 1.807) is 4.90 Å². The van der Waals surface area contributed by atoms with Crippen LogP contribution in [0.2, 0.25) is 0 Å². The van der Waals surface area contributed by atoms with Crippen molar-refractivity contribution in [3.63, 3.8) is 0 Å². The summed E-state index contributed by atoms with van der Waals surface area (Å²) in [5, 5.41) is 5.35. The molecule has 1 aromatic heterocycles. The van der Waals surface area contributed by atoms with Crippen LogP contribution in [0.25, 0.3) is 0 Å². The summed E-state index contributed by atoms with van der Waals surface area (Å²) in [6.45, 7) is 1.22. The van der Waals surface area contributed by atoms with E-state index in [1.807, 2.05) is 47.8 Å². The summed E-state index contributed by atoms with van der Waals surface area (Å²) < 4.78 is 11.6. The average molecular weight is 483 g/mol. The number of fused-ring (bicyclic) bond motifs is 2. The maximum atomic E-state index is 13.6. The lowest BCUT2D eigenvalue weighted by molar-refractivity contribution is -0.165. The van der Waals surface area contributed by atoms with Crippen molar-refractivity contribution < 1.29 is 19.1 Å². The molecule has 8 heteroatoms. The molecular formula is C26H30N2O5S. The van der Waals surface area contributed by atoms with Crippen LogP contribution in [-0.4, -0.2) is 36.2 Å². The van der Waals surface area contributed by atoms with Gasteiger partial charge in [-0.25, -0.2) is 9.59 Å². The van der Waals surface area contributed by atoms with Crippen LogP contribution < -0.4 is 0 Å². The maximum absolute atomic E-state index is 13.6. The first kappa shape index (κ1) is 23.0. The molecule has 0 N–H and O–H groups in total. The predicted molar refractivity (Wildman–Crippen MR) is 128 cm³/mol. The molecule has 180 valence electrons. The molecule has 2 saturated carbocycles. The summed E-state index contributed by atoms with van der Waals surface area (Å²) in [5.41, 5.74) is -0.517. The van der Waals surface area contributed by atoms with Gasteiger partial charge in [-0.3, -0.25) is 0 Å². The van der Waals surface area contributed by atoms with Gasteiger partial charge >= 0.3 is 12.1 Å². The smallest absolute Gasteiger partial charge is 0.410 e. The molecule has 2 heterocycles. The van der Waals surface area contributed by atoms with E-state index in [0.29, 0.717) is 18.0 Å². The second-order valence-corrected chi connectivity index (χ2v) is 10.7. The molecule has 3 fully saturated rings. The molecule has 2 aromatic rings. The molecule has 3 unspecified atom stereocenters. The van der Waals surface area contributed by atoms with Gasteiger partial charge in [0.1, 0.15) is 12.7 Å². The number of likely N-dealkylation sites (tertiary alicyclic amines) is 1. The van der Waals surface area contributed by atoms with Crippen LogP contribution in [-0.2, 0) is 26.4 Å². The predicted octanol–water partition coefficient (Wildman–Crippen LogP) is 5.49. The van der Waals surface area contributed by atoms with Gasteiger partial charge < -0.3 is 14.4 Å². The minimum absolute atomic E-state index is 0.0447. The number of hydrogen-bond acceptors (Lipinski definition) is 7. The number of benzene rings is 1. The summed E-state index contributed by atoms with van der Waals surface area (Å²) >= 11 is 1.39. The van der Waals surface area contributed by atoms with Gasteiger partial charge in [-0.2, -0.15) is 0 Å². The Labute approximate surface area is 203 Å². The number of esters is 1. The van der Waals surface area contributed by atoms with Crippen LogP contribution in [0.1, 0.15) is 49.0 Å². The van der Waals surface area contributed by atoms with Crippen LogP contribution in [0.4, 0.5) is 4.79 Å². The van der Waals surface area contributed by atoms with E-state index in [0.717, 1.165) is 44.1 Å². The molecule has 1 amide bonds. The van der Waals surface area contributed by atoms with E-state index in [2.05, 4.69) is 5.18 Å². The number of thiophene rings is 1. The van der Waals surface area contributed by atoms with Gasteiger partial charge in [-0.1, -0.05) is 49.2 Å². The molecule has 3 atom stereocenters. The van der Waals surface area contributed by atoms with E-state index in [4.69, 9.17) is 9.47 Å². The van der Waals surface area contributed by atoms with Crippen molar-refractivity contribution >= 4 is 23.4 Å². The summed E-state index contributed by atoms with van der Waals surface area (Å²) in [4.78, 5) is 41.0. The highest BCUT2D eigenvalue weighted by Crippen LogP contribution is 2.48. The number of nitrogens with zero attached hydrogens (tertiary/aromatic N) is 2. The van der Waals surface area contributed by atoms with Crippen molar-refractivity contribution in [3.05, 3.63) is 63.2 Å². The lowest BCUT2D eigenvalue weighted by Crippen LogP contribution is -2.51. The number of hydrogen-bond donors (Lipinski definition) is 0. The Morgan fingerprint density at radius 1 is 1.00 bits per heavy atom. The first-order valence-corrected chi connectivity index (χ1v) is 13.0. The standard InChI is InChI=1S/C26H30N2O5S/c29-24(26(27-31,21-9-4-5-10-21)22-11-6-14-34-22)33-23-19-12-13-20(23)16-28(15-19)25(30)32-17-18-7-2-1-3-8-18/h1-3,6-8,11,14,19-21,23H,4-5,9-10,12-13,15-17H2. The van der Waals surface area contributed by atoms with Crippen molar-refractivity contribution in [3.8, 4) is 0 Å². The Morgan fingerprint density at radius 3 is 2.32 bits per heavy atom. The van der Waals surface area contributed by atoms with Crippen LogP contribution >= 0.6 is 11.3 Å². The van der Waals surface area contributed by atoms with Crippen LogP contribution in [0, 0.1) is 22.7 Å². The van der Waals surface area contributed by atoms with Gasteiger partial charge in [0.25, 0.3) is 0 Å². The molecule has 2 bridgehead atoms. The topological polar surface area (TPSA) is 85.3 Å². The Morgan fingerprint density at radius 2 is 1.71 bits per heavy atom. The summed E-state index contributed by atoms with van der Waals surface area (Å²) in [6, 6.07) is 13.3. The first-order chi connectivity index (χ1) is 16.6. The van der Waals surface area contributed by atoms with Gasteiger partial charge in [0, 0.05) is 35.7 Å². The van der Waals surface area contributed by atoms with Crippen LogP contribution in [0.3, 0.4) is 0 Å². The maximum Gasteiger partial charge on any atom is 0.410 e. The fourth-order valence-corrected chi connectivity index (χ4v) is 6.93. The molecule has 1 aromatic carbocycles. The molecule has 7 nitrogen and oxygen atoms in total. The Bertz CT molecular complexity index is 993. The quantitative estimate of drug-likeness (QED) is 0.385. The number of rotatable bonds is 7. The van der Waals surface area contributed by atoms with E-state index >= 15 is 0 Å². The van der Waals surface area contributed by atoms with E-state index < -0.39 is 11.5 Å². The molecule has 1 saturated heterocycles. The van der Waals surface area contributed by atoms with Crippen molar-refractivity contribution in [2.75, 3.05) is 13.1 Å². The molecular weight excluding hydrogens is 452 g/mol. The Hall–Kier alpha value is -2.74. The third kappa shape index (κ3) is 4.24. The van der Waals surface area contributed by atoms with Crippen molar-refractivity contribution in [1.82, 2.24) is 4.90 Å². The highest BCUT2D eigenvalue weighted by atomic mass is 32.1. The van der Waals surface area contributed by atoms with E-state index in [1.165, 1.54) is 11.3 Å². The minimum Gasteiger partial charge on any atom is -0.459 e. The summed E-state index contributed by atoms with van der Waals surface area (Å²) in [7, 11) is 0. The fourth-order valence-electron chi connectivity index (χ4n) is 6.00. The van der Waals surface area contributed by atoms with Gasteiger partial charge in [0.05, 0.1) is 0 Å². The number of carbonyl (C=O) groups is 2. The van der Waals surface area contributed by atoms with Crippen LogP contribution in [0.5, 0.6) is 0 Å². The van der Waals surface area contributed by atoms with Gasteiger partial charge in [-0.05, 0) is 47.9 Å². The van der Waals surface area contributed by atoms with Crippen molar-refractivity contribution in [2.24, 2.45) is 22.9 Å². The summed E-state index contributed by atoms with van der Waals surface area (Å²) in [6.07, 6.45) is 4.73.